The molecular formula is C16H31N3. The lowest BCUT2D eigenvalue weighted by molar-refractivity contribution is -0.0114. The average molecular weight is 265 g/mol. The maximum atomic E-state index is 6.06. The summed E-state index contributed by atoms with van der Waals surface area (Å²) < 4.78 is 0. The maximum Gasteiger partial charge on any atom is 0.0224 e. The molecule has 3 aliphatic rings. The Kier molecular flexibility index (Phi) is 4.16. The first-order valence-electron chi connectivity index (χ1n) is 8.39. The van der Waals surface area contributed by atoms with Crippen molar-refractivity contribution < 1.29 is 0 Å². The molecule has 5 atom stereocenters. The smallest absolute Gasteiger partial charge is 0.0224 e. The van der Waals surface area contributed by atoms with Gasteiger partial charge in [-0.2, -0.15) is 0 Å². The number of hydrogen-bond acceptors (Lipinski definition) is 3. The van der Waals surface area contributed by atoms with Crippen molar-refractivity contribution in [3.63, 3.8) is 0 Å². The molecule has 0 spiro atoms. The number of piperazine rings is 1. The molecule has 1 saturated carbocycles. The molecule has 0 amide bonds. The van der Waals surface area contributed by atoms with Crippen molar-refractivity contribution in [1.29, 1.82) is 0 Å². The van der Waals surface area contributed by atoms with Gasteiger partial charge in [-0.25, -0.2) is 0 Å². The van der Waals surface area contributed by atoms with Gasteiger partial charge in [0.05, 0.1) is 0 Å². The molecule has 1 aliphatic carbocycles. The number of nitrogens with two attached hydrogens (primary N) is 1. The van der Waals surface area contributed by atoms with E-state index in [4.69, 9.17) is 5.73 Å². The van der Waals surface area contributed by atoms with Crippen molar-refractivity contribution >= 4 is 0 Å². The van der Waals surface area contributed by atoms with Crippen LogP contribution in [0.25, 0.3) is 0 Å². The summed E-state index contributed by atoms with van der Waals surface area (Å²) in [6.45, 7) is 9.67. The van der Waals surface area contributed by atoms with E-state index in [1.165, 1.54) is 51.7 Å². The monoisotopic (exact) mass is 265 g/mol. The van der Waals surface area contributed by atoms with Gasteiger partial charge in [-0.05, 0) is 57.5 Å². The van der Waals surface area contributed by atoms with Crippen LogP contribution in [0.5, 0.6) is 0 Å². The molecule has 2 saturated heterocycles. The molecule has 0 bridgehead atoms. The Morgan fingerprint density at radius 2 is 1.95 bits per heavy atom. The van der Waals surface area contributed by atoms with Crippen LogP contribution in [0, 0.1) is 11.8 Å². The van der Waals surface area contributed by atoms with E-state index >= 15 is 0 Å². The van der Waals surface area contributed by atoms with E-state index in [0.717, 1.165) is 36.5 Å². The summed E-state index contributed by atoms with van der Waals surface area (Å²) in [4.78, 5) is 5.56. The summed E-state index contributed by atoms with van der Waals surface area (Å²) in [6.07, 6.45) is 6.93. The standard InChI is InChI=1S/C16H31N3/c1-12-5-6-14(9-17)16(8-12)19-11-15-4-3-7-18(15)10-13(19)2/h12-16H,3-11,17H2,1-2H3. The number of fused-ring (bicyclic) bond motifs is 1. The van der Waals surface area contributed by atoms with Crippen molar-refractivity contribution in [1.82, 2.24) is 9.80 Å². The summed E-state index contributed by atoms with van der Waals surface area (Å²) in [6, 6.07) is 2.32. The van der Waals surface area contributed by atoms with Gasteiger partial charge in [0.25, 0.3) is 0 Å². The van der Waals surface area contributed by atoms with Crippen LogP contribution in [0.3, 0.4) is 0 Å². The Labute approximate surface area is 118 Å². The molecule has 2 N–H and O–H groups in total. The van der Waals surface area contributed by atoms with E-state index in [-0.39, 0.29) is 0 Å². The lowest BCUT2D eigenvalue weighted by Crippen LogP contribution is -2.60. The second kappa shape index (κ2) is 5.71. The van der Waals surface area contributed by atoms with Crippen LogP contribution >= 0.6 is 0 Å². The first kappa shape index (κ1) is 13.8. The molecule has 110 valence electrons. The van der Waals surface area contributed by atoms with E-state index in [2.05, 4.69) is 23.6 Å². The summed E-state index contributed by atoms with van der Waals surface area (Å²) in [7, 11) is 0. The van der Waals surface area contributed by atoms with E-state index in [1.54, 1.807) is 0 Å². The molecule has 2 heterocycles. The highest BCUT2D eigenvalue weighted by Gasteiger charge is 2.40. The Hall–Kier alpha value is -0.120. The van der Waals surface area contributed by atoms with Crippen LogP contribution < -0.4 is 5.73 Å². The first-order chi connectivity index (χ1) is 9.19. The fraction of sp³-hybridized carbons (Fsp3) is 1.00. The highest BCUT2D eigenvalue weighted by Crippen LogP contribution is 2.35. The van der Waals surface area contributed by atoms with Gasteiger partial charge in [0.1, 0.15) is 0 Å². The third-order valence-electron chi connectivity index (χ3n) is 5.93. The van der Waals surface area contributed by atoms with E-state index in [1.807, 2.05) is 0 Å². The quantitative estimate of drug-likeness (QED) is 0.828. The van der Waals surface area contributed by atoms with Crippen LogP contribution in [0.4, 0.5) is 0 Å². The SMILES string of the molecule is CC1CCC(CN)C(N2CC3CCCN3CC2C)C1. The van der Waals surface area contributed by atoms with Gasteiger partial charge in [0.15, 0.2) is 0 Å². The van der Waals surface area contributed by atoms with E-state index in [9.17, 15) is 0 Å². The Morgan fingerprint density at radius 1 is 1.11 bits per heavy atom. The first-order valence-corrected chi connectivity index (χ1v) is 8.39. The maximum absolute atomic E-state index is 6.06. The minimum absolute atomic E-state index is 0.721. The average Bonchev–Trinajstić information content (AvgIpc) is 2.84. The molecule has 0 aromatic carbocycles. The summed E-state index contributed by atoms with van der Waals surface area (Å²) in [5, 5.41) is 0. The van der Waals surface area contributed by atoms with Crippen LogP contribution in [-0.4, -0.2) is 54.1 Å². The minimum atomic E-state index is 0.721. The molecule has 3 rings (SSSR count). The van der Waals surface area contributed by atoms with Gasteiger partial charge in [-0.3, -0.25) is 9.80 Å². The third-order valence-corrected chi connectivity index (χ3v) is 5.93. The molecule has 19 heavy (non-hydrogen) atoms. The number of hydrogen-bond donors (Lipinski definition) is 1. The zero-order chi connectivity index (χ0) is 13.4. The van der Waals surface area contributed by atoms with Gasteiger partial charge >= 0.3 is 0 Å². The predicted molar refractivity (Wildman–Crippen MR) is 80.1 cm³/mol. The molecule has 5 unspecified atom stereocenters. The van der Waals surface area contributed by atoms with E-state index in [0.29, 0.717) is 0 Å². The Balaban J connectivity index is 1.71. The van der Waals surface area contributed by atoms with Crippen LogP contribution in [0.15, 0.2) is 0 Å². The molecule has 2 aliphatic heterocycles. The lowest BCUT2D eigenvalue weighted by Gasteiger charge is -2.50. The minimum Gasteiger partial charge on any atom is -0.330 e. The van der Waals surface area contributed by atoms with Crippen LogP contribution in [0.2, 0.25) is 0 Å². The second-order valence-corrected chi connectivity index (χ2v) is 7.32. The molecule has 3 heteroatoms. The van der Waals surface area contributed by atoms with Gasteiger partial charge in [0, 0.05) is 31.2 Å². The zero-order valence-corrected chi connectivity index (χ0v) is 12.7. The predicted octanol–water partition coefficient (Wildman–Crippen LogP) is 1.92. The van der Waals surface area contributed by atoms with E-state index < -0.39 is 0 Å². The molecule has 0 radical (unpaired) electrons. The summed E-state index contributed by atoms with van der Waals surface area (Å²) >= 11 is 0. The Bertz CT molecular complexity index is 306. The Morgan fingerprint density at radius 3 is 2.74 bits per heavy atom. The molecule has 0 aromatic rings. The normalized spacial score (nSPS) is 45.3. The van der Waals surface area contributed by atoms with Crippen molar-refractivity contribution in [2.24, 2.45) is 17.6 Å². The lowest BCUT2D eigenvalue weighted by atomic mass is 9.77. The highest BCUT2D eigenvalue weighted by atomic mass is 15.3. The zero-order valence-electron chi connectivity index (χ0n) is 12.7. The number of nitrogens with zero attached hydrogens (tertiary/aromatic N) is 2. The van der Waals surface area contributed by atoms with Crippen molar-refractivity contribution in [3.05, 3.63) is 0 Å². The molecule has 0 aromatic heterocycles. The fourth-order valence-electron chi connectivity index (χ4n) is 4.77. The summed E-state index contributed by atoms with van der Waals surface area (Å²) in [5.41, 5.74) is 6.06. The fourth-order valence-corrected chi connectivity index (χ4v) is 4.77. The van der Waals surface area contributed by atoms with Gasteiger partial charge < -0.3 is 5.73 Å². The number of rotatable bonds is 2. The molecular weight excluding hydrogens is 234 g/mol. The largest absolute Gasteiger partial charge is 0.330 e. The second-order valence-electron chi connectivity index (χ2n) is 7.32. The van der Waals surface area contributed by atoms with Crippen molar-refractivity contribution in [3.8, 4) is 0 Å². The molecule has 3 nitrogen and oxygen atoms in total. The topological polar surface area (TPSA) is 32.5 Å². The summed E-state index contributed by atoms with van der Waals surface area (Å²) in [5.74, 6) is 1.63. The highest BCUT2D eigenvalue weighted by molar-refractivity contribution is 4.96. The molecule has 3 fully saturated rings. The third kappa shape index (κ3) is 2.70. The van der Waals surface area contributed by atoms with Gasteiger partial charge in [-0.1, -0.05) is 13.3 Å². The van der Waals surface area contributed by atoms with Crippen molar-refractivity contribution in [2.45, 2.75) is 64.1 Å². The van der Waals surface area contributed by atoms with Gasteiger partial charge in [-0.15, -0.1) is 0 Å². The van der Waals surface area contributed by atoms with Gasteiger partial charge in [0.2, 0.25) is 0 Å². The van der Waals surface area contributed by atoms with Crippen LogP contribution in [0.1, 0.15) is 46.0 Å². The van der Waals surface area contributed by atoms with Crippen LogP contribution in [-0.2, 0) is 0 Å². The van der Waals surface area contributed by atoms with Crippen molar-refractivity contribution in [2.75, 3.05) is 26.2 Å².